The van der Waals surface area contributed by atoms with Crippen LogP contribution in [0.3, 0.4) is 0 Å². The molecule has 1 heterocycles. The SMILES string of the molecule is COC(C)Cc1cccc(C2CCCNC2)c1. The number of nitrogens with one attached hydrogen (secondary N) is 1. The van der Waals surface area contributed by atoms with Gasteiger partial charge in [-0.1, -0.05) is 24.3 Å². The fourth-order valence-electron chi connectivity index (χ4n) is 2.53. The van der Waals surface area contributed by atoms with Crippen LogP contribution in [-0.2, 0) is 11.2 Å². The molecule has 2 heteroatoms. The van der Waals surface area contributed by atoms with Crippen LogP contribution in [0.25, 0.3) is 0 Å². The lowest BCUT2D eigenvalue weighted by Gasteiger charge is -2.23. The Labute approximate surface area is 104 Å². The summed E-state index contributed by atoms with van der Waals surface area (Å²) in [6.07, 6.45) is 3.92. The van der Waals surface area contributed by atoms with E-state index in [1.165, 1.54) is 30.5 Å². The molecule has 1 aromatic rings. The van der Waals surface area contributed by atoms with E-state index in [-0.39, 0.29) is 0 Å². The fraction of sp³-hybridized carbons (Fsp3) is 0.600. The zero-order valence-corrected chi connectivity index (χ0v) is 10.9. The molecule has 2 unspecified atom stereocenters. The smallest absolute Gasteiger partial charge is 0.0583 e. The van der Waals surface area contributed by atoms with Gasteiger partial charge in [-0.15, -0.1) is 0 Å². The summed E-state index contributed by atoms with van der Waals surface area (Å²) in [6.45, 7) is 4.43. The molecule has 1 saturated heterocycles. The van der Waals surface area contributed by atoms with Gasteiger partial charge >= 0.3 is 0 Å². The number of benzene rings is 1. The number of ether oxygens (including phenoxy) is 1. The Morgan fingerprint density at radius 1 is 1.47 bits per heavy atom. The third-order valence-corrected chi connectivity index (χ3v) is 3.64. The number of hydrogen-bond donors (Lipinski definition) is 1. The van der Waals surface area contributed by atoms with Crippen molar-refractivity contribution < 1.29 is 4.74 Å². The summed E-state index contributed by atoms with van der Waals surface area (Å²) < 4.78 is 5.33. The highest BCUT2D eigenvalue weighted by Gasteiger charge is 2.15. The second kappa shape index (κ2) is 6.18. The lowest BCUT2D eigenvalue weighted by Crippen LogP contribution is -2.28. The molecular weight excluding hydrogens is 210 g/mol. The van der Waals surface area contributed by atoms with Crippen molar-refractivity contribution in [3.05, 3.63) is 35.4 Å². The molecule has 1 aliphatic rings. The molecule has 0 aromatic heterocycles. The van der Waals surface area contributed by atoms with E-state index in [0.717, 1.165) is 13.0 Å². The molecule has 0 radical (unpaired) electrons. The molecule has 0 amide bonds. The Balaban J connectivity index is 2.05. The molecule has 0 saturated carbocycles. The summed E-state index contributed by atoms with van der Waals surface area (Å²) in [4.78, 5) is 0. The van der Waals surface area contributed by atoms with E-state index in [9.17, 15) is 0 Å². The molecule has 0 aliphatic carbocycles. The van der Waals surface area contributed by atoms with E-state index in [4.69, 9.17) is 4.74 Å². The lowest BCUT2D eigenvalue weighted by atomic mass is 9.90. The van der Waals surface area contributed by atoms with Crippen LogP contribution in [0.5, 0.6) is 0 Å². The largest absolute Gasteiger partial charge is 0.381 e. The topological polar surface area (TPSA) is 21.3 Å². The first-order valence-corrected chi connectivity index (χ1v) is 6.62. The normalized spacial score (nSPS) is 22.4. The second-order valence-electron chi connectivity index (χ2n) is 5.04. The molecule has 94 valence electrons. The maximum absolute atomic E-state index is 5.33. The first-order valence-electron chi connectivity index (χ1n) is 6.62. The van der Waals surface area contributed by atoms with E-state index in [2.05, 4.69) is 36.5 Å². The Bertz CT molecular complexity index is 345. The van der Waals surface area contributed by atoms with Crippen molar-refractivity contribution in [2.75, 3.05) is 20.2 Å². The molecule has 1 N–H and O–H groups in total. The predicted octanol–water partition coefficient (Wildman–Crippen LogP) is 2.73. The van der Waals surface area contributed by atoms with Gasteiger partial charge in [0.15, 0.2) is 0 Å². The van der Waals surface area contributed by atoms with Crippen LogP contribution < -0.4 is 5.32 Å². The average Bonchev–Trinajstić information content (AvgIpc) is 2.40. The van der Waals surface area contributed by atoms with Crippen LogP contribution in [0.1, 0.15) is 36.8 Å². The summed E-state index contributed by atoms with van der Waals surface area (Å²) in [6, 6.07) is 9.00. The van der Waals surface area contributed by atoms with Crippen molar-refractivity contribution in [2.24, 2.45) is 0 Å². The zero-order chi connectivity index (χ0) is 12.1. The van der Waals surface area contributed by atoms with Gasteiger partial charge in [-0.3, -0.25) is 0 Å². The van der Waals surface area contributed by atoms with Crippen molar-refractivity contribution in [3.8, 4) is 0 Å². The number of methoxy groups -OCH3 is 1. The molecule has 2 rings (SSSR count). The van der Waals surface area contributed by atoms with Gasteiger partial charge in [-0.2, -0.15) is 0 Å². The minimum atomic E-state index is 0.301. The van der Waals surface area contributed by atoms with Gasteiger partial charge in [0.1, 0.15) is 0 Å². The Hall–Kier alpha value is -0.860. The van der Waals surface area contributed by atoms with Gasteiger partial charge < -0.3 is 10.1 Å². The van der Waals surface area contributed by atoms with Gasteiger partial charge in [-0.25, -0.2) is 0 Å². The second-order valence-corrected chi connectivity index (χ2v) is 5.04. The maximum Gasteiger partial charge on any atom is 0.0583 e. The van der Waals surface area contributed by atoms with Crippen molar-refractivity contribution >= 4 is 0 Å². The minimum Gasteiger partial charge on any atom is -0.381 e. The van der Waals surface area contributed by atoms with E-state index in [1.54, 1.807) is 7.11 Å². The van der Waals surface area contributed by atoms with Crippen LogP contribution >= 0.6 is 0 Å². The highest BCUT2D eigenvalue weighted by Crippen LogP contribution is 2.24. The molecule has 2 atom stereocenters. The average molecular weight is 233 g/mol. The highest BCUT2D eigenvalue weighted by atomic mass is 16.5. The summed E-state index contributed by atoms with van der Waals surface area (Å²) in [5.74, 6) is 0.696. The summed E-state index contributed by atoms with van der Waals surface area (Å²) in [7, 11) is 1.78. The molecule has 2 nitrogen and oxygen atoms in total. The third-order valence-electron chi connectivity index (χ3n) is 3.64. The zero-order valence-electron chi connectivity index (χ0n) is 10.9. The van der Waals surface area contributed by atoms with Crippen molar-refractivity contribution in [2.45, 2.75) is 38.2 Å². The van der Waals surface area contributed by atoms with Crippen LogP contribution in [-0.4, -0.2) is 26.3 Å². The maximum atomic E-state index is 5.33. The van der Waals surface area contributed by atoms with E-state index < -0.39 is 0 Å². The lowest BCUT2D eigenvalue weighted by molar-refractivity contribution is 0.119. The van der Waals surface area contributed by atoms with Crippen LogP contribution in [0, 0.1) is 0 Å². The molecular formula is C15H23NO. The van der Waals surface area contributed by atoms with Crippen molar-refractivity contribution in [1.82, 2.24) is 5.32 Å². The number of rotatable bonds is 4. The standard InChI is InChI=1S/C15H23NO/c1-12(17-2)9-13-5-3-6-14(10-13)15-7-4-8-16-11-15/h3,5-6,10,12,15-16H,4,7-9,11H2,1-2H3. The van der Waals surface area contributed by atoms with Crippen LogP contribution in [0.2, 0.25) is 0 Å². The molecule has 17 heavy (non-hydrogen) atoms. The Kier molecular flexibility index (Phi) is 4.57. The molecule has 1 aliphatic heterocycles. The quantitative estimate of drug-likeness (QED) is 0.863. The van der Waals surface area contributed by atoms with Gasteiger partial charge in [0.25, 0.3) is 0 Å². The third kappa shape index (κ3) is 3.55. The van der Waals surface area contributed by atoms with E-state index in [0.29, 0.717) is 12.0 Å². The van der Waals surface area contributed by atoms with Gasteiger partial charge in [-0.05, 0) is 49.8 Å². The molecule has 1 aromatic carbocycles. The van der Waals surface area contributed by atoms with E-state index in [1.807, 2.05) is 0 Å². The Morgan fingerprint density at radius 2 is 2.35 bits per heavy atom. The van der Waals surface area contributed by atoms with Crippen molar-refractivity contribution in [3.63, 3.8) is 0 Å². The molecule has 0 spiro atoms. The molecule has 1 fully saturated rings. The highest BCUT2D eigenvalue weighted by molar-refractivity contribution is 5.27. The first kappa shape index (κ1) is 12.6. The van der Waals surface area contributed by atoms with E-state index >= 15 is 0 Å². The fourth-order valence-corrected chi connectivity index (χ4v) is 2.53. The predicted molar refractivity (Wildman–Crippen MR) is 71.5 cm³/mol. The molecule has 0 bridgehead atoms. The Morgan fingerprint density at radius 3 is 3.06 bits per heavy atom. The van der Waals surface area contributed by atoms with Crippen LogP contribution in [0.15, 0.2) is 24.3 Å². The number of hydrogen-bond acceptors (Lipinski definition) is 2. The van der Waals surface area contributed by atoms with Crippen molar-refractivity contribution in [1.29, 1.82) is 0 Å². The number of piperidine rings is 1. The summed E-state index contributed by atoms with van der Waals surface area (Å²) >= 11 is 0. The monoisotopic (exact) mass is 233 g/mol. The van der Waals surface area contributed by atoms with Gasteiger partial charge in [0, 0.05) is 13.7 Å². The first-order chi connectivity index (χ1) is 8.29. The summed E-state index contributed by atoms with van der Waals surface area (Å²) in [5, 5.41) is 3.48. The van der Waals surface area contributed by atoms with Crippen LogP contribution in [0.4, 0.5) is 0 Å². The minimum absolute atomic E-state index is 0.301. The van der Waals surface area contributed by atoms with Gasteiger partial charge in [0.05, 0.1) is 6.10 Å². The van der Waals surface area contributed by atoms with Gasteiger partial charge in [0.2, 0.25) is 0 Å². The summed E-state index contributed by atoms with van der Waals surface area (Å²) in [5.41, 5.74) is 2.88.